The topological polar surface area (TPSA) is 111 Å². The predicted molar refractivity (Wildman–Crippen MR) is 122 cm³/mol. The highest BCUT2D eigenvalue weighted by molar-refractivity contribution is 8.05. The Hall–Kier alpha value is -2.31. The van der Waals surface area contributed by atoms with Crippen molar-refractivity contribution in [2.45, 2.75) is 40.4 Å². The van der Waals surface area contributed by atoms with E-state index in [2.05, 4.69) is 15.5 Å². The van der Waals surface area contributed by atoms with E-state index in [0.29, 0.717) is 11.5 Å². The number of esters is 1. The molecule has 0 radical (unpaired) electrons. The molecular formula is C20H22N4O5S3. The number of aromatic nitrogens is 2. The average Bonchev–Trinajstić information content (AvgIpc) is 3.34. The van der Waals surface area contributed by atoms with Crippen molar-refractivity contribution in [2.75, 3.05) is 19.5 Å². The molecule has 1 N–H and O–H groups in total. The van der Waals surface area contributed by atoms with E-state index in [1.165, 1.54) is 46.9 Å². The van der Waals surface area contributed by atoms with Crippen molar-refractivity contribution in [3.63, 3.8) is 0 Å². The van der Waals surface area contributed by atoms with E-state index in [9.17, 15) is 14.4 Å². The van der Waals surface area contributed by atoms with Crippen LogP contribution in [0.2, 0.25) is 0 Å². The van der Waals surface area contributed by atoms with Gasteiger partial charge in [-0.05, 0) is 26.0 Å². The fourth-order valence-electron chi connectivity index (χ4n) is 3.66. The summed E-state index contributed by atoms with van der Waals surface area (Å²) >= 11 is 4.47. The number of rotatable bonds is 8. The van der Waals surface area contributed by atoms with Crippen LogP contribution < -0.4 is 10.1 Å². The summed E-state index contributed by atoms with van der Waals surface area (Å²) in [6.45, 7) is 3.61. The van der Waals surface area contributed by atoms with Crippen molar-refractivity contribution in [3.05, 3.63) is 35.3 Å². The highest BCUT2D eigenvalue weighted by Crippen LogP contribution is 2.53. The molecule has 0 unspecified atom stereocenters. The molecule has 1 aromatic heterocycles. The molecule has 3 heterocycles. The number of amides is 2. The van der Waals surface area contributed by atoms with E-state index in [4.69, 9.17) is 9.47 Å². The number of benzene rings is 1. The number of nitrogens with zero attached hydrogens (tertiary/aromatic N) is 3. The minimum atomic E-state index is -0.745. The Morgan fingerprint density at radius 3 is 2.69 bits per heavy atom. The number of hydrogen-bond donors (Lipinski definition) is 1. The van der Waals surface area contributed by atoms with Crippen molar-refractivity contribution >= 4 is 52.6 Å². The summed E-state index contributed by atoms with van der Waals surface area (Å²) in [4.78, 5) is 39.4. The van der Waals surface area contributed by atoms with Crippen LogP contribution in [0.5, 0.6) is 5.75 Å². The van der Waals surface area contributed by atoms with Crippen LogP contribution >= 0.6 is 34.9 Å². The Labute approximate surface area is 197 Å². The van der Waals surface area contributed by atoms with Crippen molar-refractivity contribution in [1.82, 2.24) is 20.4 Å². The molecule has 0 saturated carbocycles. The number of ether oxygens (including phenoxy) is 2. The van der Waals surface area contributed by atoms with Gasteiger partial charge in [-0.2, -0.15) is 0 Å². The zero-order chi connectivity index (χ0) is 22.9. The first-order valence-corrected chi connectivity index (χ1v) is 12.5. The summed E-state index contributed by atoms with van der Waals surface area (Å²) in [5.41, 5.74) is 0. The number of β-lactam (4-membered cyclic amide) rings is 1. The first kappa shape index (κ1) is 22.9. The molecule has 2 amide bonds. The van der Waals surface area contributed by atoms with Gasteiger partial charge in [0.2, 0.25) is 5.91 Å². The molecule has 1 aromatic carbocycles. The Morgan fingerprint density at radius 2 is 2.03 bits per heavy atom. The molecule has 2 aliphatic rings. The monoisotopic (exact) mass is 494 g/mol. The van der Waals surface area contributed by atoms with E-state index >= 15 is 0 Å². The SMILES string of the molecule is COC(=O)[C@@H]1N2C(=O)[C@@H](NC(=O)COc3ccccc3)[C@H]2S[C@@]1(C)CSc1nnc(C)s1. The van der Waals surface area contributed by atoms with Crippen LogP contribution in [0.1, 0.15) is 11.9 Å². The summed E-state index contributed by atoms with van der Waals surface area (Å²) in [5.74, 6) is -0.0611. The number of nitrogens with one attached hydrogen (secondary N) is 1. The molecule has 2 aliphatic heterocycles. The van der Waals surface area contributed by atoms with Gasteiger partial charge in [-0.1, -0.05) is 41.3 Å². The minimum absolute atomic E-state index is 0.199. The molecule has 9 nitrogen and oxygen atoms in total. The Bertz CT molecular complexity index is 1020. The summed E-state index contributed by atoms with van der Waals surface area (Å²) in [5, 5.41) is 11.4. The minimum Gasteiger partial charge on any atom is -0.484 e. The summed E-state index contributed by atoms with van der Waals surface area (Å²) in [6.07, 6.45) is 0. The molecule has 0 bridgehead atoms. The number of carbonyl (C=O) groups is 3. The lowest BCUT2D eigenvalue weighted by Gasteiger charge is -2.43. The normalized spacial score (nSPS) is 26.3. The molecule has 4 atom stereocenters. The molecule has 2 saturated heterocycles. The van der Waals surface area contributed by atoms with Gasteiger partial charge in [0.1, 0.15) is 28.2 Å². The first-order valence-electron chi connectivity index (χ1n) is 9.80. The second-order valence-corrected chi connectivity index (χ2v) is 11.6. The lowest BCUT2D eigenvalue weighted by Crippen LogP contribution is -2.71. The zero-order valence-electron chi connectivity index (χ0n) is 17.6. The van der Waals surface area contributed by atoms with Crippen LogP contribution in [0.3, 0.4) is 0 Å². The Kier molecular flexibility index (Phi) is 6.63. The van der Waals surface area contributed by atoms with Gasteiger partial charge in [0.15, 0.2) is 10.9 Å². The van der Waals surface area contributed by atoms with Crippen LogP contribution in [0.15, 0.2) is 34.7 Å². The van der Waals surface area contributed by atoms with Crippen molar-refractivity contribution in [3.8, 4) is 5.75 Å². The number of thioether (sulfide) groups is 2. The quantitative estimate of drug-likeness (QED) is 0.333. The second kappa shape index (κ2) is 9.28. The predicted octanol–water partition coefficient (Wildman–Crippen LogP) is 1.72. The van der Waals surface area contributed by atoms with Crippen molar-refractivity contribution in [2.24, 2.45) is 0 Å². The summed E-state index contributed by atoms with van der Waals surface area (Å²) in [6, 6.07) is 7.51. The lowest BCUT2D eigenvalue weighted by atomic mass is 9.96. The van der Waals surface area contributed by atoms with Crippen molar-refractivity contribution < 1.29 is 23.9 Å². The van der Waals surface area contributed by atoms with Crippen LogP contribution in [0.25, 0.3) is 0 Å². The maximum absolute atomic E-state index is 12.9. The Balaban J connectivity index is 1.42. The van der Waals surface area contributed by atoms with Crippen molar-refractivity contribution in [1.29, 1.82) is 0 Å². The smallest absolute Gasteiger partial charge is 0.330 e. The highest BCUT2D eigenvalue weighted by atomic mass is 32.2. The van der Waals surface area contributed by atoms with Crippen LogP contribution in [-0.4, -0.2) is 74.6 Å². The second-order valence-electron chi connectivity index (χ2n) is 7.51. The van der Waals surface area contributed by atoms with Crippen LogP contribution in [-0.2, 0) is 19.1 Å². The molecule has 2 fully saturated rings. The first-order chi connectivity index (χ1) is 15.3. The van der Waals surface area contributed by atoms with E-state index in [1.54, 1.807) is 12.1 Å². The largest absolute Gasteiger partial charge is 0.484 e. The summed E-state index contributed by atoms with van der Waals surface area (Å²) in [7, 11) is 1.31. The highest BCUT2D eigenvalue weighted by Gasteiger charge is 2.65. The number of para-hydroxylation sites is 1. The van der Waals surface area contributed by atoms with E-state index in [1.807, 2.05) is 32.0 Å². The van der Waals surface area contributed by atoms with Gasteiger partial charge in [0, 0.05) is 5.75 Å². The van der Waals surface area contributed by atoms with E-state index < -0.39 is 28.7 Å². The number of hydrogen-bond acceptors (Lipinski definition) is 10. The zero-order valence-corrected chi connectivity index (χ0v) is 20.1. The number of aryl methyl sites for hydroxylation is 1. The van der Waals surface area contributed by atoms with Gasteiger partial charge >= 0.3 is 5.97 Å². The van der Waals surface area contributed by atoms with Crippen LogP contribution in [0, 0.1) is 6.92 Å². The fraction of sp³-hybridized carbons (Fsp3) is 0.450. The van der Waals surface area contributed by atoms with Gasteiger partial charge in [-0.15, -0.1) is 22.0 Å². The molecule has 0 aliphatic carbocycles. The molecule has 0 spiro atoms. The molecule has 4 rings (SSSR count). The maximum atomic E-state index is 12.9. The van der Waals surface area contributed by atoms with Gasteiger partial charge < -0.3 is 19.7 Å². The Morgan fingerprint density at radius 1 is 1.28 bits per heavy atom. The molecular weight excluding hydrogens is 472 g/mol. The standard InChI is InChI=1S/C20H22N4O5S3/c1-11-22-23-19(31-11)30-10-20(2)15(18(27)28-3)24-16(26)14(17(24)32-20)21-13(25)9-29-12-7-5-4-6-8-12/h4-8,14-15,17H,9-10H2,1-3H3,(H,21,25)/t14-,15+,17-,20+/m1/s1. The van der Waals surface area contributed by atoms with Gasteiger partial charge in [-0.25, -0.2) is 4.79 Å². The third-order valence-corrected chi connectivity index (χ3v) is 9.31. The molecule has 32 heavy (non-hydrogen) atoms. The lowest BCUT2D eigenvalue weighted by molar-refractivity contribution is -0.162. The van der Waals surface area contributed by atoms with E-state index in [-0.39, 0.29) is 17.9 Å². The number of methoxy groups -OCH3 is 1. The average molecular weight is 495 g/mol. The number of fused-ring (bicyclic) bond motifs is 1. The third-order valence-electron chi connectivity index (χ3n) is 5.17. The molecule has 2 aromatic rings. The third kappa shape index (κ3) is 4.44. The summed E-state index contributed by atoms with van der Waals surface area (Å²) < 4.78 is 10.6. The van der Waals surface area contributed by atoms with Gasteiger partial charge in [0.25, 0.3) is 5.91 Å². The van der Waals surface area contributed by atoms with Gasteiger partial charge in [0.05, 0.1) is 11.9 Å². The van der Waals surface area contributed by atoms with E-state index in [0.717, 1.165) is 9.35 Å². The van der Waals surface area contributed by atoms with Gasteiger partial charge in [-0.3, -0.25) is 9.59 Å². The maximum Gasteiger partial charge on any atom is 0.330 e. The fourth-order valence-corrected chi connectivity index (χ4v) is 7.52. The number of carbonyl (C=O) groups excluding carboxylic acids is 3. The molecule has 12 heteroatoms. The molecule has 170 valence electrons. The van der Waals surface area contributed by atoms with Crippen LogP contribution in [0.4, 0.5) is 0 Å².